The summed E-state index contributed by atoms with van der Waals surface area (Å²) >= 11 is 0. The number of carbonyl (C=O) groups excluding carboxylic acids is 1. The number of hydrogen-bond donors (Lipinski definition) is 3. The smallest absolute Gasteiger partial charge is 0.328 e. The standard InChI is InChI=1S/C12H16N4O/c1-16-8-9(6-7-14-12(17)15-13)10-4-2-3-5-11(10)16/h2-5,8H,6-7,13H2,1H3,(H2,14,15,17). The zero-order valence-electron chi connectivity index (χ0n) is 9.73. The number of aryl methyl sites for hydroxylation is 1. The van der Waals surface area contributed by atoms with Crippen LogP contribution >= 0.6 is 0 Å². The van der Waals surface area contributed by atoms with Crippen LogP contribution in [0.15, 0.2) is 30.5 Å². The average molecular weight is 232 g/mol. The molecule has 90 valence electrons. The molecule has 1 aromatic heterocycles. The van der Waals surface area contributed by atoms with Gasteiger partial charge in [0.25, 0.3) is 0 Å². The molecule has 0 atom stereocenters. The molecule has 1 aromatic carbocycles. The van der Waals surface area contributed by atoms with Crippen LogP contribution in [0.25, 0.3) is 10.9 Å². The van der Waals surface area contributed by atoms with Gasteiger partial charge in [0.1, 0.15) is 0 Å². The van der Waals surface area contributed by atoms with Crippen LogP contribution in [0.3, 0.4) is 0 Å². The number of urea groups is 1. The highest BCUT2D eigenvalue weighted by molar-refractivity contribution is 5.84. The van der Waals surface area contributed by atoms with E-state index in [1.807, 2.05) is 24.6 Å². The first-order chi connectivity index (χ1) is 8.22. The molecule has 1 heterocycles. The highest BCUT2D eigenvalue weighted by Crippen LogP contribution is 2.20. The number of aromatic nitrogens is 1. The van der Waals surface area contributed by atoms with E-state index in [9.17, 15) is 4.79 Å². The number of carbonyl (C=O) groups is 1. The van der Waals surface area contributed by atoms with E-state index >= 15 is 0 Å². The lowest BCUT2D eigenvalue weighted by Gasteiger charge is -2.02. The number of para-hydroxylation sites is 1. The van der Waals surface area contributed by atoms with Crippen molar-refractivity contribution in [3.05, 3.63) is 36.0 Å². The van der Waals surface area contributed by atoms with Gasteiger partial charge in [0.05, 0.1) is 0 Å². The van der Waals surface area contributed by atoms with Gasteiger partial charge in [-0.25, -0.2) is 10.6 Å². The van der Waals surface area contributed by atoms with Gasteiger partial charge in [0.15, 0.2) is 0 Å². The van der Waals surface area contributed by atoms with Crippen molar-refractivity contribution in [2.75, 3.05) is 6.54 Å². The number of benzene rings is 1. The molecule has 2 aromatic rings. The summed E-state index contributed by atoms with van der Waals surface area (Å²) in [6, 6.07) is 7.86. The summed E-state index contributed by atoms with van der Waals surface area (Å²) in [5.41, 5.74) is 4.46. The molecular weight excluding hydrogens is 216 g/mol. The van der Waals surface area contributed by atoms with Gasteiger partial charge in [0, 0.05) is 30.7 Å². The number of nitrogens with two attached hydrogens (primary N) is 1. The first kappa shape index (κ1) is 11.5. The fraction of sp³-hybridized carbons (Fsp3) is 0.250. The van der Waals surface area contributed by atoms with E-state index in [4.69, 9.17) is 5.84 Å². The monoisotopic (exact) mass is 232 g/mol. The molecular formula is C12H16N4O. The number of nitrogens with one attached hydrogen (secondary N) is 2. The second kappa shape index (κ2) is 4.88. The van der Waals surface area contributed by atoms with E-state index < -0.39 is 0 Å². The second-order valence-electron chi connectivity index (χ2n) is 3.93. The predicted molar refractivity (Wildman–Crippen MR) is 67.3 cm³/mol. The third-order valence-electron chi connectivity index (χ3n) is 2.79. The molecule has 2 amide bonds. The summed E-state index contributed by atoms with van der Waals surface area (Å²) in [5.74, 6) is 4.98. The number of hydrazine groups is 1. The van der Waals surface area contributed by atoms with Gasteiger partial charge in [-0.05, 0) is 18.1 Å². The molecule has 0 unspecified atom stereocenters. The Morgan fingerprint density at radius 2 is 2.18 bits per heavy atom. The summed E-state index contributed by atoms with van der Waals surface area (Å²) in [6.07, 6.45) is 2.88. The molecule has 0 aliphatic heterocycles. The van der Waals surface area contributed by atoms with Crippen molar-refractivity contribution in [1.82, 2.24) is 15.3 Å². The van der Waals surface area contributed by atoms with Gasteiger partial charge in [-0.3, -0.25) is 5.43 Å². The molecule has 0 fully saturated rings. The fourth-order valence-corrected chi connectivity index (χ4v) is 1.99. The van der Waals surface area contributed by atoms with Crippen LogP contribution in [-0.4, -0.2) is 17.1 Å². The zero-order chi connectivity index (χ0) is 12.3. The first-order valence-electron chi connectivity index (χ1n) is 5.49. The van der Waals surface area contributed by atoms with Crippen LogP contribution < -0.4 is 16.6 Å². The van der Waals surface area contributed by atoms with Crippen molar-refractivity contribution in [3.8, 4) is 0 Å². The van der Waals surface area contributed by atoms with Gasteiger partial charge in [-0.2, -0.15) is 0 Å². The second-order valence-corrected chi connectivity index (χ2v) is 3.93. The van der Waals surface area contributed by atoms with Crippen LogP contribution in [-0.2, 0) is 13.5 Å². The van der Waals surface area contributed by atoms with Gasteiger partial charge < -0.3 is 9.88 Å². The normalized spacial score (nSPS) is 10.5. The van der Waals surface area contributed by atoms with Crippen molar-refractivity contribution < 1.29 is 4.79 Å². The fourth-order valence-electron chi connectivity index (χ4n) is 1.99. The lowest BCUT2D eigenvalue weighted by atomic mass is 10.1. The van der Waals surface area contributed by atoms with Crippen molar-refractivity contribution in [1.29, 1.82) is 0 Å². The van der Waals surface area contributed by atoms with Crippen molar-refractivity contribution in [3.63, 3.8) is 0 Å². The molecule has 0 radical (unpaired) electrons. The van der Waals surface area contributed by atoms with Crippen LogP contribution in [0.2, 0.25) is 0 Å². The van der Waals surface area contributed by atoms with E-state index in [1.54, 1.807) is 0 Å². The molecule has 0 bridgehead atoms. The zero-order valence-corrected chi connectivity index (χ0v) is 9.73. The number of amides is 2. The maximum Gasteiger partial charge on any atom is 0.328 e. The number of hydrogen-bond acceptors (Lipinski definition) is 2. The molecule has 5 heteroatoms. The molecule has 4 N–H and O–H groups in total. The Kier molecular flexibility index (Phi) is 3.30. The average Bonchev–Trinajstić information content (AvgIpc) is 2.67. The van der Waals surface area contributed by atoms with Crippen molar-refractivity contribution >= 4 is 16.9 Å². The molecule has 2 rings (SSSR count). The summed E-state index contributed by atoms with van der Waals surface area (Å²) in [7, 11) is 2.02. The molecule has 0 saturated carbocycles. The minimum Gasteiger partial charge on any atom is -0.350 e. The Hall–Kier alpha value is -2.01. The Balaban J connectivity index is 2.11. The Morgan fingerprint density at radius 1 is 1.41 bits per heavy atom. The Labute approximate surface area is 99.6 Å². The van der Waals surface area contributed by atoms with Crippen LogP contribution in [0.1, 0.15) is 5.56 Å². The van der Waals surface area contributed by atoms with Gasteiger partial charge >= 0.3 is 6.03 Å². The van der Waals surface area contributed by atoms with E-state index in [2.05, 4.69) is 28.2 Å². The van der Waals surface area contributed by atoms with E-state index in [0.717, 1.165) is 6.42 Å². The summed E-state index contributed by atoms with van der Waals surface area (Å²) in [6.45, 7) is 0.567. The predicted octanol–water partition coefficient (Wildman–Crippen LogP) is 0.894. The van der Waals surface area contributed by atoms with Gasteiger partial charge in [-0.1, -0.05) is 18.2 Å². The maximum atomic E-state index is 10.9. The number of rotatable bonds is 3. The quantitative estimate of drug-likeness (QED) is 0.418. The highest BCUT2D eigenvalue weighted by Gasteiger charge is 2.05. The van der Waals surface area contributed by atoms with E-state index in [0.29, 0.717) is 6.54 Å². The van der Waals surface area contributed by atoms with Crippen molar-refractivity contribution in [2.24, 2.45) is 12.9 Å². The minimum atomic E-state index is -0.356. The summed E-state index contributed by atoms with van der Waals surface area (Å²) in [4.78, 5) is 10.9. The third-order valence-corrected chi connectivity index (χ3v) is 2.79. The number of fused-ring (bicyclic) bond motifs is 1. The maximum absolute atomic E-state index is 10.9. The molecule has 0 saturated heterocycles. The van der Waals surface area contributed by atoms with Crippen LogP contribution in [0, 0.1) is 0 Å². The highest BCUT2D eigenvalue weighted by atomic mass is 16.2. The molecule has 0 aliphatic rings. The molecule has 5 nitrogen and oxygen atoms in total. The van der Waals surface area contributed by atoms with Crippen molar-refractivity contribution in [2.45, 2.75) is 6.42 Å². The topological polar surface area (TPSA) is 72.1 Å². The van der Waals surface area contributed by atoms with Gasteiger partial charge in [-0.15, -0.1) is 0 Å². The minimum absolute atomic E-state index is 0.356. The van der Waals surface area contributed by atoms with Gasteiger partial charge in [0.2, 0.25) is 0 Å². The lowest BCUT2D eigenvalue weighted by molar-refractivity contribution is 0.241. The lowest BCUT2D eigenvalue weighted by Crippen LogP contribution is -2.40. The van der Waals surface area contributed by atoms with E-state index in [-0.39, 0.29) is 6.03 Å². The molecule has 0 aliphatic carbocycles. The third kappa shape index (κ3) is 2.39. The van der Waals surface area contributed by atoms with Crippen LogP contribution in [0.5, 0.6) is 0 Å². The molecule has 0 spiro atoms. The summed E-state index contributed by atoms with van der Waals surface area (Å²) < 4.78 is 2.09. The SMILES string of the molecule is Cn1cc(CCNC(=O)NN)c2ccccc21. The number of nitrogens with zero attached hydrogens (tertiary/aromatic N) is 1. The first-order valence-corrected chi connectivity index (χ1v) is 5.49. The van der Waals surface area contributed by atoms with Crippen LogP contribution in [0.4, 0.5) is 4.79 Å². The van der Waals surface area contributed by atoms with E-state index in [1.165, 1.54) is 16.5 Å². The molecule has 17 heavy (non-hydrogen) atoms. The Bertz CT molecular complexity index is 532. The Morgan fingerprint density at radius 3 is 2.94 bits per heavy atom. The summed E-state index contributed by atoms with van der Waals surface area (Å²) in [5, 5.41) is 3.90. The largest absolute Gasteiger partial charge is 0.350 e.